The predicted octanol–water partition coefficient (Wildman–Crippen LogP) is -1.86. The summed E-state index contributed by atoms with van der Waals surface area (Å²) in [7, 11) is 0. The van der Waals surface area contributed by atoms with Crippen LogP contribution in [0.5, 0.6) is 0 Å². The van der Waals surface area contributed by atoms with Gasteiger partial charge in [0.15, 0.2) is 0 Å². The van der Waals surface area contributed by atoms with E-state index >= 15 is 0 Å². The minimum absolute atomic E-state index is 0. The molecule has 0 spiro atoms. The second kappa shape index (κ2) is 6.93. The average molecular weight is 533 g/mol. The second-order valence-corrected chi connectivity index (χ2v) is 5.57. The Balaban J connectivity index is 0.000000640. The Morgan fingerprint density at radius 1 is 0.478 bits per heavy atom. The van der Waals surface area contributed by atoms with Gasteiger partial charge >= 0.3 is 26.2 Å². The molecule has 3 aromatic rings. The Labute approximate surface area is 168 Å². The van der Waals surface area contributed by atoms with Crippen LogP contribution >= 0.6 is 0 Å². The third-order valence-corrected chi connectivity index (χ3v) is 4.62. The average Bonchev–Trinajstić information content (AvgIpc) is 2.54. The van der Waals surface area contributed by atoms with Gasteiger partial charge in [0.1, 0.15) is 0 Å². The van der Waals surface area contributed by atoms with Gasteiger partial charge in [0.2, 0.25) is 0 Å². The number of benzene rings is 3. The molecular weight excluding hydrogens is 520 g/mol. The summed E-state index contributed by atoms with van der Waals surface area (Å²) in [5.41, 5.74) is 8.61. The molecule has 0 aliphatic heterocycles. The third-order valence-electron chi connectivity index (χ3n) is 4.62. The van der Waals surface area contributed by atoms with E-state index in [1.807, 2.05) is 0 Å². The molecule has 0 aromatic heterocycles. The SMILES string of the molecule is [Bi+2].[Cl-].[Cl-].c1ccc2c(c1)[C]1c3ccccc3C2c2ccccc21. The minimum Gasteiger partial charge on any atom is -1.00 e. The normalized spacial score (nSPS) is 13.6. The molecule has 4 radical (unpaired) electrons. The second-order valence-electron chi connectivity index (χ2n) is 5.57. The summed E-state index contributed by atoms with van der Waals surface area (Å²) >= 11 is 0. The molecule has 0 N–H and O–H groups in total. The minimum atomic E-state index is 0. The van der Waals surface area contributed by atoms with Crippen molar-refractivity contribution in [2.75, 3.05) is 0 Å². The summed E-state index contributed by atoms with van der Waals surface area (Å²) in [6.07, 6.45) is 0. The fourth-order valence-electron chi connectivity index (χ4n) is 3.87. The van der Waals surface area contributed by atoms with Gasteiger partial charge in [0.05, 0.1) is 5.92 Å². The van der Waals surface area contributed by atoms with Gasteiger partial charge in [-0.25, -0.2) is 0 Å². The van der Waals surface area contributed by atoms with Gasteiger partial charge in [0.25, 0.3) is 0 Å². The first kappa shape index (κ1) is 18.5. The van der Waals surface area contributed by atoms with Gasteiger partial charge in [-0.15, -0.1) is 0 Å². The summed E-state index contributed by atoms with van der Waals surface area (Å²) < 4.78 is 0. The first-order valence-electron chi connectivity index (χ1n) is 7.10. The van der Waals surface area contributed by atoms with E-state index in [2.05, 4.69) is 72.8 Å². The number of rotatable bonds is 0. The zero-order chi connectivity index (χ0) is 13.1. The fourth-order valence-corrected chi connectivity index (χ4v) is 3.87. The van der Waals surface area contributed by atoms with Gasteiger partial charge in [-0.2, -0.15) is 0 Å². The fraction of sp³-hybridized carbons (Fsp3) is 0.0500. The van der Waals surface area contributed by atoms with Crippen molar-refractivity contribution in [1.82, 2.24) is 0 Å². The zero-order valence-corrected chi connectivity index (χ0v) is 17.2. The van der Waals surface area contributed by atoms with Crippen LogP contribution in [0.15, 0.2) is 72.8 Å². The maximum absolute atomic E-state index is 2.28. The zero-order valence-electron chi connectivity index (χ0n) is 12.2. The van der Waals surface area contributed by atoms with Crippen LogP contribution in [0.25, 0.3) is 0 Å². The quantitative estimate of drug-likeness (QED) is 0.205. The molecule has 0 saturated heterocycles. The summed E-state index contributed by atoms with van der Waals surface area (Å²) in [4.78, 5) is 0. The Bertz CT molecular complexity index is 662. The molecule has 3 aliphatic rings. The van der Waals surface area contributed by atoms with Crippen LogP contribution in [0.3, 0.4) is 0 Å². The monoisotopic (exact) mass is 532 g/mol. The van der Waals surface area contributed by atoms with E-state index in [-0.39, 0.29) is 51.0 Å². The van der Waals surface area contributed by atoms with Crippen LogP contribution in [0, 0.1) is 5.92 Å². The topological polar surface area (TPSA) is 0 Å². The molecule has 3 heteroatoms. The molecular formula is C20H13BiCl2. The van der Waals surface area contributed by atoms with Crippen molar-refractivity contribution in [2.24, 2.45) is 0 Å². The van der Waals surface area contributed by atoms with Gasteiger partial charge in [-0.1, -0.05) is 72.8 Å². The molecule has 0 atom stereocenters. The van der Waals surface area contributed by atoms with Crippen molar-refractivity contribution in [3.8, 4) is 0 Å². The molecule has 0 amide bonds. The van der Waals surface area contributed by atoms with Crippen LogP contribution in [-0.4, -0.2) is 26.2 Å². The van der Waals surface area contributed by atoms with Gasteiger partial charge in [-0.3, -0.25) is 0 Å². The summed E-state index contributed by atoms with van der Waals surface area (Å²) in [5.74, 6) is 1.81. The summed E-state index contributed by atoms with van der Waals surface area (Å²) in [6.45, 7) is 0. The first-order valence-corrected chi connectivity index (χ1v) is 7.10. The Morgan fingerprint density at radius 3 is 1.13 bits per heavy atom. The van der Waals surface area contributed by atoms with Crippen molar-refractivity contribution in [2.45, 2.75) is 5.92 Å². The van der Waals surface area contributed by atoms with Crippen molar-refractivity contribution in [3.05, 3.63) is 112 Å². The van der Waals surface area contributed by atoms with E-state index < -0.39 is 0 Å². The van der Waals surface area contributed by atoms with Crippen LogP contribution in [0.2, 0.25) is 0 Å². The van der Waals surface area contributed by atoms with Crippen molar-refractivity contribution in [1.29, 1.82) is 0 Å². The molecule has 23 heavy (non-hydrogen) atoms. The molecule has 0 saturated carbocycles. The Kier molecular flexibility index (Phi) is 5.57. The molecule has 112 valence electrons. The van der Waals surface area contributed by atoms with Gasteiger partial charge in [-0.05, 0) is 33.4 Å². The standard InChI is InChI=1S/C20H13.Bi.2ClH/c1-2-8-14-13(7-1)19-15-9-3-5-11-17(15)20(14)18-12-6-4-10-16(18)19;;;/h1-12,19H;;2*1H/q;+2;;/p-2. The largest absolute Gasteiger partial charge is 2.00 e. The molecule has 6 rings (SSSR count). The van der Waals surface area contributed by atoms with Crippen molar-refractivity contribution < 1.29 is 24.8 Å². The van der Waals surface area contributed by atoms with Crippen LogP contribution in [0.1, 0.15) is 39.3 Å². The van der Waals surface area contributed by atoms with Gasteiger partial charge < -0.3 is 24.8 Å². The van der Waals surface area contributed by atoms with Gasteiger partial charge in [0, 0.05) is 5.92 Å². The number of halogens is 2. The molecule has 0 nitrogen and oxygen atoms in total. The van der Waals surface area contributed by atoms with Crippen molar-refractivity contribution >= 4 is 26.2 Å². The number of hydrogen-bond donors (Lipinski definition) is 0. The van der Waals surface area contributed by atoms with Crippen LogP contribution < -0.4 is 24.8 Å². The first-order chi connectivity index (χ1) is 9.95. The van der Waals surface area contributed by atoms with E-state index in [1.165, 1.54) is 39.3 Å². The molecule has 2 bridgehead atoms. The maximum Gasteiger partial charge on any atom is 2.00 e. The van der Waals surface area contributed by atoms with E-state index in [9.17, 15) is 0 Å². The van der Waals surface area contributed by atoms with Crippen molar-refractivity contribution in [3.63, 3.8) is 0 Å². The molecule has 0 fully saturated rings. The Hall–Kier alpha value is -0.877. The molecule has 3 aliphatic carbocycles. The van der Waals surface area contributed by atoms with E-state index in [1.54, 1.807) is 0 Å². The smallest absolute Gasteiger partial charge is 1.00 e. The van der Waals surface area contributed by atoms with E-state index in [0.717, 1.165) is 0 Å². The maximum atomic E-state index is 2.28. The Morgan fingerprint density at radius 2 is 0.783 bits per heavy atom. The predicted molar refractivity (Wildman–Crippen MR) is 86.6 cm³/mol. The summed E-state index contributed by atoms with van der Waals surface area (Å²) in [5, 5.41) is 0. The molecule has 0 heterocycles. The third kappa shape index (κ3) is 2.45. The number of hydrogen-bond acceptors (Lipinski definition) is 0. The van der Waals surface area contributed by atoms with Crippen LogP contribution in [0.4, 0.5) is 0 Å². The summed E-state index contributed by atoms with van der Waals surface area (Å²) in [6, 6.07) is 26.6. The van der Waals surface area contributed by atoms with E-state index in [4.69, 9.17) is 0 Å². The van der Waals surface area contributed by atoms with E-state index in [0.29, 0.717) is 5.92 Å². The molecule has 0 unspecified atom stereocenters. The molecule has 3 aromatic carbocycles. The van der Waals surface area contributed by atoms with Crippen LogP contribution in [-0.2, 0) is 0 Å².